The van der Waals surface area contributed by atoms with E-state index in [1.165, 1.54) is 0 Å². The summed E-state index contributed by atoms with van der Waals surface area (Å²) in [7, 11) is 1.56. The van der Waals surface area contributed by atoms with Crippen LogP contribution < -0.4 is 14.8 Å². The summed E-state index contributed by atoms with van der Waals surface area (Å²) in [5, 5.41) is 2.97. The first-order valence-electron chi connectivity index (χ1n) is 8.92. The van der Waals surface area contributed by atoms with Crippen LogP contribution in [0.4, 0.5) is 0 Å². The molecule has 1 fully saturated rings. The van der Waals surface area contributed by atoms with Gasteiger partial charge in [-0.1, -0.05) is 12.1 Å². The molecule has 1 aromatic carbocycles. The van der Waals surface area contributed by atoms with Gasteiger partial charge in [0.2, 0.25) is 0 Å². The van der Waals surface area contributed by atoms with Crippen molar-refractivity contribution in [3.8, 4) is 11.5 Å². The van der Waals surface area contributed by atoms with Gasteiger partial charge in [-0.2, -0.15) is 0 Å². The fourth-order valence-electron chi connectivity index (χ4n) is 3.05. The Bertz CT molecular complexity index is 774. The number of para-hydroxylation sites is 2. The Morgan fingerprint density at radius 2 is 1.78 bits per heavy atom. The van der Waals surface area contributed by atoms with Gasteiger partial charge in [0.1, 0.15) is 0 Å². The Balaban J connectivity index is 1.43. The Morgan fingerprint density at radius 1 is 1.11 bits per heavy atom. The second-order valence-corrected chi connectivity index (χ2v) is 6.31. The van der Waals surface area contributed by atoms with Gasteiger partial charge in [0.15, 0.2) is 18.1 Å². The number of piperidine rings is 1. The number of nitrogens with one attached hydrogen (secondary N) is 1. The molecule has 0 bridgehead atoms. The van der Waals surface area contributed by atoms with Crippen LogP contribution in [0.15, 0.2) is 48.8 Å². The Kier molecular flexibility index (Phi) is 6.25. The van der Waals surface area contributed by atoms with Crippen LogP contribution in [0.2, 0.25) is 0 Å². The maximum absolute atomic E-state index is 12.4. The summed E-state index contributed by atoms with van der Waals surface area (Å²) in [6.07, 6.45) is 4.66. The van der Waals surface area contributed by atoms with Gasteiger partial charge in [-0.3, -0.25) is 14.6 Å². The van der Waals surface area contributed by atoms with Gasteiger partial charge in [0.05, 0.1) is 7.11 Å². The number of amides is 2. The van der Waals surface area contributed by atoms with Crippen LogP contribution in [0, 0.1) is 0 Å². The van der Waals surface area contributed by atoms with Gasteiger partial charge in [0, 0.05) is 37.1 Å². The number of carbonyl (C=O) groups is 2. The van der Waals surface area contributed by atoms with E-state index in [1.807, 2.05) is 17.0 Å². The van der Waals surface area contributed by atoms with Crippen molar-refractivity contribution in [3.63, 3.8) is 0 Å². The van der Waals surface area contributed by atoms with E-state index in [1.54, 1.807) is 43.8 Å². The molecule has 1 aliphatic heterocycles. The van der Waals surface area contributed by atoms with Gasteiger partial charge in [-0.25, -0.2) is 0 Å². The standard InChI is InChI=1S/C20H23N3O4/c1-26-17-4-2-3-5-18(17)27-14-19(24)22-16-8-12-23(13-9-16)20(25)15-6-10-21-11-7-15/h2-7,10-11,16H,8-9,12-14H2,1H3,(H,22,24). The number of carbonyl (C=O) groups excluding carboxylic acids is 2. The number of aromatic nitrogens is 1. The highest BCUT2D eigenvalue weighted by atomic mass is 16.5. The molecule has 0 aliphatic carbocycles. The highest BCUT2D eigenvalue weighted by Gasteiger charge is 2.24. The zero-order valence-corrected chi connectivity index (χ0v) is 15.3. The van der Waals surface area contributed by atoms with Crippen LogP contribution in [0.25, 0.3) is 0 Å². The van der Waals surface area contributed by atoms with E-state index in [0.717, 1.165) is 12.8 Å². The third-order valence-electron chi connectivity index (χ3n) is 4.50. The van der Waals surface area contributed by atoms with Crippen molar-refractivity contribution >= 4 is 11.8 Å². The number of methoxy groups -OCH3 is 1. The summed E-state index contributed by atoms with van der Waals surface area (Å²) < 4.78 is 10.7. The van der Waals surface area contributed by atoms with E-state index < -0.39 is 0 Å². The monoisotopic (exact) mass is 369 g/mol. The number of ether oxygens (including phenoxy) is 2. The summed E-state index contributed by atoms with van der Waals surface area (Å²) >= 11 is 0. The van der Waals surface area contributed by atoms with E-state index in [-0.39, 0.29) is 24.5 Å². The molecule has 1 aliphatic rings. The lowest BCUT2D eigenvalue weighted by Gasteiger charge is -2.32. The van der Waals surface area contributed by atoms with Crippen LogP contribution in [-0.4, -0.2) is 54.5 Å². The number of nitrogens with zero attached hydrogens (tertiary/aromatic N) is 2. The van der Waals surface area contributed by atoms with Crippen molar-refractivity contribution in [1.82, 2.24) is 15.2 Å². The van der Waals surface area contributed by atoms with Crippen LogP contribution >= 0.6 is 0 Å². The second kappa shape index (κ2) is 9.02. The fourth-order valence-corrected chi connectivity index (χ4v) is 3.05. The Morgan fingerprint density at radius 3 is 2.44 bits per heavy atom. The molecule has 2 aromatic rings. The molecule has 0 saturated carbocycles. The summed E-state index contributed by atoms with van der Waals surface area (Å²) in [4.78, 5) is 30.3. The van der Waals surface area contributed by atoms with Gasteiger partial charge < -0.3 is 19.7 Å². The molecule has 1 saturated heterocycles. The quantitative estimate of drug-likeness (QED) is 0.841. The molecule has 3 rings (SSSR count). The van der Waals surface area contributed by atoms with E-state index >= 15 is 0 Å². The predicted octanol–water partition coefficient (Wildman–Crippen LogP) is 1.89. The van der Waals surface area contributed by atoms with E-state index in [9.17, 15) is 9.59 Å². The number of hydrogen-bond acceptors (Lipinski definition) is 5. The summed E-state index contributed by atoms with van der Waals surface area (Å²) in [5.41, 5.74) is 0.637. The number of hydrogen-bond donors (Lipinski definition) is 1. The van der Waals surface area contributed by atoms with Crippen LogP contribution in [-0.2, 0) is 4.79 Å². The smallest absolute Gasteiger partial charge is 0.258 e. The predicted molar refractivity (Wildman–Crippen MR) is 99.8 cm³/mol. The first-order valence-corrected chi connectivity index (χ1v) is 8.92. The lowest BCUT2D eigenvalue weighted by Crippen LogP contribution is -2.47. The molecule has 0 spiro atoms. The summed E-state index contributed by atoms with van der Waals surface area (Å²) in [5.74, 6) is 0.947. The molecule has 0 atom stereocenters. The number of benzene rings is 1. The summed E-state index contributed by atoms with van der Waals surface area (Å²) in [6, 6.07) is 10.7. The topological polar surface area (TPSA) is 80.8 Å². The second-order valence-electron chi connectivity index (χ2n) is 6.31. The molecule has 27 heavy (non-hydrogen) atoms. The van der Waals surface area contributed by atoms with Crippen molar-refractivity contribution in [2.24, 2.45) is 0 Å². The van der Waals surface area contributed by atoms with Crippen LogP contribution in [0.3, 0.4) is 0 Å². The first-order chi connectivity index (χ1) is 13.2. The van der Waals surface area contributed by atoms with Gasteiger partial charge in [0.25, 0.3) is 11.8 Å². The molecule has 0 unspecified atom stereocenters. The molecule has 7 nitrogen and oxygen atoms in total. The number of likely N-dealkylation sites (tertiary alicyclic amines) is 1. The summed E-state index contributed by atoms with van der Waals surface area (Å²) in [6.45, 7) is 1.15. The van der Waals surface area contributed by atoms with Gasteiger partial charge >= 0.3 is 0 Å². The first kappa shape index (κ1) is 18.7. The molecule has 142 valence electrons. The van der Waals surface area contributed by atoms with Gasteiger partial charge in [-0.15, -0.1) is 0 Å². The molecule has 7 heteroatoms. The van der Waals surface area contributed by atoms with Gasteiger partial charge in [-0.05, 0) is 37.1 Å². The lowest BCUT2D eigenvalue weighted by atomic mass is 10.0. The number of rotatable bonds is 6. The Labute approximate surface area is 158 Å². The zero-order chi connectivity index (χ0) is 19.1. The molecule has 1 N–H and O–H groups in total. The van der Waals surface area contributed by atoms with E-state index in [0.29, 0.717) is 30.2 Å². The third kappa shape index (κ3) is 4.97. The highest BCUT2D eigenvalue weighted by Crippen LogP contribution is 2.25. The van der Waals surface area contributed by atoms with E-state index in [2.05, 4.69) is 10.3 Å². The molecular weight excluding hydrogens is 346 g/mol. The lowest BCUT2D eigenvalue weighted by molar-refractivity contribution is -0.124. The molecule has 0 radical (unpaired) electrons. The fraction of sp³-hybridized carbons (Fsp3) is 0.350. The normalized spacial score (nSPS) is 14.5. The zero-order valence-electron chi connectivity index (χ0n) is 15.3. The van der Waals surface area contributed by atoms with Crippen molar-refractivity contribution in [2.45, 2.75) is 18.9 Å². The maximum Gasteiger partial charge on any atom is 0.258 e. The molecule has 1 aromatic heterocycles. The average molecular weight is 369 g/mol. The minimum absolute atomic E-state index is 0.00156. The molecule has 2 amide bonds. The van der Waals surface area contributed by atoms with Crippen molar-refractivity contribution < 1.29 is 19.1 Å². The Hall–Kier alpha value is -3.09. The van der Waals surface area contributed by atoms with Crippen molar-refractivity contribution in [3.05, 3.63) is 54.4 Å². The minimum Gasteiger partial charge on any atom is -0.493 e. The van der Waals surface area contributed by atoms with Crippen LogP contribution in [0.1, 0.15) is 23.2 Å². The minimum atomic E-state index is -0.181. The number of pyridine rings is 1. The largest absolute Gasteiger partial charge is 0.493 e. The average Bonchev–Trinajstić information content (AvgIpc) is 2.73. The van der Waals surface area contributed by atoms with Crippen molar-refractivity contribution in [1.29, 1.82) is 0 Å². The SMILES string of the molecule is COc1ccccc1OCC(=O)NC1CCN(C(=O)c2ccncc2)CC1. The van der Waals surface area contributed by atoms with Crippen molar-refractivity contribution in [2.75, 3.05) is 26.8 Å². The molecule has 2 heterocycles. The highest BCUT2D eigenvalue weighted by molar-refractivity contribution is 5.94. The maximum atomic E-state index is 12.4. The van der Waals surface area contributed by atoms with E-state index in [4.69, 9.17) is 9.47 Å². The molecular formula is C20H23N3O4. The van der Waals surface area contributed by atoms with Crippen LogP contribution in [0.5, 0.6) is 11.5 Å². The third-order valence-corrected chi connectivity index (χ3v) is 4.50.